The number of anilines is 1. The van der Waals surface area contributed by atoms with E-state index in [0.29, 0.717) is 24.3 Å². The Balaban J connectivity index is 2.14. The number of aromatic nitrogens is 1. The van der Waals surface area contributed by atoms with Crippen LogP contribution in [0.5, 0.6) is 0 Å². The highest BCUT2D eigenvalue weighted by Crippen LogP contribution is 2.35. The Labute approximate surface area is 126 Å². The molecular weight excluding hydrogens is 293 g/mol. The van der Waals surface area contributed by atoms with E-state index >= 15 is 0 Å². The summed E-state index contributed by atoms with van der Waals surface area (Å²) >= 11 is 0. The van der Waals surface area contributed by atoms with Crippen LogP contribution in [0.25, 0.3) is 10.9 Å². The van der Waals surface area contributed by atoms with Crippen LogP contribution in [-0.2, 0) is 10.9 Å². The van der Waals surface area contributed by atoms with Crippen LogP contribution in [0.1, 0.15) is 19.5 Å². The third-order valence-corrected chi connectivity index (χ3v) is 3.75. The van der Waals surface area contributed by atoms with Crippen LogP contribution >= 0.6 is 0 Å². The Hall–Kier alpha value is -1.82. The van der Waals surface area contributed by atoms with E-state index < -0.39 is 11.9 Å². The zero-order valence-corrected chi connectivity index (χ0v) is 12.4. The lowest BCUT2D eigenvalue weighted by Gasteiger charge is -2.37. The summed E-state index contributed by atoms with van der Waals surface area (Å²) in [7, 11) is 0. The monoisotopic (exact) mass is 310 g/mol. The molecule has 2 aromatic rings. The molecule has 1 aliphatic rings. The molecule has 0 unspecified atom stereocenters. The molecule has 0 radical (unpaired) electrons. The second-order valence-electron chi connectivity index (χ2n) is 5.70. The number of nitrogens with zero attached hydrogens (tertiary/aromatic N) is 2. The van der Waals surface area contributed by atoms with Gasteiger partial charge in [0.15, 0.2) is 0 Å². The second kappa shape index (κ2) is 5.43. The lowest BCUT2D eigenvalue weighted by molar-refractivity contribution is -0.140. The smallest absolute Gasteiger partial charge is 0.372 e. The lowest BCUT2D eigenvalue weighted by Crippen LogP contribution is -2.45. The molecule has 0 saturated carbocycles. The number of benzene rings is 1. The molecule has 1 aliphatic heterocycles. The fraction of sp³-hybridized carbons (Fsp3) is 0.438. The number of pyridine rings is 1. The number of para-hydroxylation sites is 1. The van der Waals surface area contributed by atoms with Gasteiger partial charge in [0, 0.05) is 24.2 Å². The summed E-state index contributed by atoms with van der Waals surface area (Å²) in [5.74, 6) is 0. The van der Waals surface area contributed by atoms with Crippen LogP contribution in [0.4, 0.5) is 18.9 Å². The average molecular weight is 310 g/mol. The van der Waals surface area contributed by atoms with E-state index in [2.05, 4.69) is 4.98 Å². The van der Waals surface area contributed by atoms with Crippen molar-refractivity contribution in [3.8, 4) is 0 Å². The molecular formula is C16H17F3N2O. The van der Waals surface area contributed by atoms with Gasteiger partial charge in [-0.2, -0.15) is 13.2 Å². The Kier molecular flexibility index (Phi) is 3.72. The first-order chi connectivity index (χ1) is 10.3. The highest BCUT2D eigenvalue weighted by molar-refractivity contribution is 5.92. The number of hydrogen-bond donors (Lipinski definition) is 0. The van der Waals surface area contributed by atoms with Crippen LogP contribution in [0, 0.1) is 0 Å². The van der Waals surface area contributed by atoms with Crippen molar-refractivity contribution in [3.63, 3.8) is 0 Å². The van der Waals surface area contributed by atoms with Gasteiger partial charge < -0.3 is 9.64 Å². The highest BCUT2D eigenvalue weighted by atomic mass is 19.4. The summed E-state index contributed by atoms with van der Waals surface area (Å²) in [6, 6.07) is 8.08. The minimum absolute atomic E-state index is 0.0231. The Bertz CT molecular complexity index is 677. The molecule has 3 nitrogen and oxygen atoms in total. The van der Waals surface area contributed by atoms with Crippen LogP contribution in [0.3, 0.4) is 0 Å². The fourth-order valence-electron chi connectivity index (χ4n) is 2.94. The SMILES string of the molecule is C[C@H]1CN(c2cc(C(F)(F)F)nc3ccccc23)C[C@H](C)O1. The van der Waals surface area contributed by atoms with Crippen molar-refractivity contribution in [1.82, 2.24) is 4.98 Å². The van der Waals surface area contributed by atoms with Crippen molar-refractivity contribution < 1.29 is 17.9 Å². The maximum atomic E-state index is 13.1. The quantitative estimate of drug-likeness (QED) is 0.799. The lowest BCUT2D eigenvalue weighted by atomic mass is 10.1. The number of fused-ring (bicyclic) bond motifs is 1. The second-order valence-corrected chi connectivity index (χ2v) is 5.70. The number of ether oxygens (including phenoxy) is 1. The van der Waals surface area contributed by atoms with Crippen LogP contribution < -0.4 is 4.90 Å². The normalized spacial score (nSPS) is 23.0. The first-order valence-electron chi connectivity index (χ1n) is 7.22. The van der Waals surface area contributed by atoms with Crippen molar-refractivity contribution in [2.24, 2.45) is 0 Å². The maximum Gasteiger partial charge on any atom is 0.433 e. The van der Waals surface area contributed by atoms with Crippen LogP contribution in [-0.4, -0.2) is 30.3 Å². The third-order valence-electron chi connectivity index (χ3n) is 3.75. The Morgan fingerprint density at radius 2 is 1.77 bits per heavy atom. The molecule has 0 N–H and O–H groups in total. The van der Waals surface area contributed by atoms with Crippen LogP contribution in [0.2, 0.25) is 0 Å². The number of alkyl halides is 3. The van der Waals surface area contributed by atoms with Crippen molar-refractivity contribution in [2.45, 2.75) is 32.2 Å². The van der Waals surface area contributed by atoms with Gasteiger partial charge in [-0.3, -0.25) is 0 Å². The first kappa shape index (κ1) is 15.1. The molecule has 1 aromatic carbocycles. The zero-order chi connectivity index (χ0) is 15.9. The maximum absolute atomic E-state index is 13.1. The largest absolute Gasteiger partial charge is 0.433 e. The molecule has 22 heavy (non-hydrogen) atoms. The zero-order valence-electron chi connectivity index (χ0n) is 12.4. The summed E-state index contributed by atoms with van der Waals surface area (Å²) < 4.78 is 45.0. The van der Waals surface area contributed by atoms with E-state index in [1.54, 1.807) is 12.1 Å². The molecule has 0 spiro atoms. The molecule has 2 atom stereocenters. The van der Waals surface area contributed by atoms with Crippen molar-refractivity contribution in [2.75, 3.05) is 18.0 Å². The summed E-state index contributed by atoms with van der Waals surface area (Å²) in [6.45, 7) is 4.98. The average Bonchev–Trinajstić information content (AvgIpc) is 2.44. The molecule has 0 amide bonds. The van der Waals surface area contributed by atoms with Gasteiger partial charge in [0.2, 0.25) is 0 Å². The van der Waals surface area contributed by atoms with E-state index in [-0.39, 0.29) is 12.2 Å². The fourth-order valence-corrected chi connectivity index (χ4v) is 2.94. The molecule has 2 heterocycles. The Morgan fingerprint density at radius 3 is 2.41 bits per heavy atom. The topological polar surface area (TPSA) is 25.4 Å². The summed E-state index contributed by atoms with van der Waals surface area (Å²) in [4.78, 5) is 5.71. The van der Waals surface area contributed by atoms with E-state index in [1.807, 2.05) is 30.9 Å². The van der Waals surface area contributed by atoms with Crippen molar-refractivity contribution in [1.29, 1.82) is 0 Å². The van der Waals surface area contributed by atoms with Gasteiger partial charge in [0.25, 0.3) is 0 Å². The van der Waals surface area contributed by atoms with Gasteiger partial charge in [-0.15, -0.1) is 0 Å². The van der Waals surface area contributed by atoms with Gasteiger partial charge in [0.1, 0.15) is 5.69 Å². The van der Waals surface area contributed by atoms with Crippen LogP contribution in [0.15, 0.2) is 30.3 Å². The van der Waals surface area contributed by atoms with E-state index in [4.69, 9.17) is 4.74 Å². The van der Waals surface area contributed by atoms with E-state index in [1.165, 1.54) is 0 Å². The number of hydrogen-bond acceptors (Lipinski definition) is 3. The van der Waals surface area contributed by atoms with Crippen molar-refractivity contribution >= 4 is 16.6 Å². The third kappa shape index (κ3) is 2.88. The standard InChI is InChI=1S/C16H17F3N2O/c1-10-8-21(9-11(2)22-10)14-7-15(16(17,18)19)20-13-6-4-3-5-12(13)14/h3-7,10-11H,8-9H2,1-2H3/t10-,11-/m0/s1. The van der Waals surface area contributed by atoms with E-state index in [9.17, 15) is 13.2 Å². The molecule has 0 aliphatic carbocycles. The van der Waals surface area contributed by atoms with Gasteiger partial charge in [-0.05, 0) is 26.0 Å². The van der Waals surface area contributed by atoms with Gasteiger partial charge in [0.05, 0.1) is 17.7 Å². The van der Waals surface area contributed by atoms with Gasteiger partial charge in [-0.25, -0.2) is 4.98 Å². The predicted octanol–water partition coefficient (Wildman–Crippen LogP) is 3.87. The summed E-state index contributed by atoms with van der Waals surface area (Å²) in [5, 5.41) is 0.733. The predicted molar refractivity (Wildman–Crippen MR) is 79.0 cm³/mol. The van der Waals surface area contributed by atoms with Crippen molar-refractivity contribution in [3.05, 3.63) is 36.0 Å². The minimum Gasteiger partial charge on any atom is -0.372 e. The number of morpholine rings is 1. The number of halogens is 3. The first-order valence-corrected chi connectivity index (χ1v) is 7.22. The van der Waals surface area contributed by atoms with Gasteiger partial charge >= 0.3 is 6.18 Å². The van der Waals surface area contributed by atoms with Gasteiger partial charge in [-0.1, -0.05) is 18.2 Å². The molecule has 1 saturated heterocycles. The highest BCUT2D eigenvalue weighted by Gasteiger charge is 2.34. The molecule has 3 rings (SSSR count). The summed E-state index contributed by atoms with van der Waals surface area (Å²) in [6.07, 6.45) is -4.50. The molecule has 1 aromatic heterocycles. The number of rotatable bonds is 1. The molecule has 1 fully saturated rings. The summed E-state index contributed by atoms with van der Waals surface area (Å²) in [5.41, 5.74) is 0.0760. The molecule has 118 valence electrons. The molecule has 6 heteroatoms. The Morgan fingerprint density at radius 1 is 1.14 bits per heavy atom. The molecule has 0 bridgehead atoms. The van der Waals surface area contributed by atoms with E-state index in [0.717, 1.165) is 11.5 Å². The minimum atomic E-state index is -4.46.